The van der Waals surface area contributed by atoms with Crippen LogP contribution in [0.1, 0.15) is 31.3 Å². The minimum absolute atomic E-state index is 0.182. The Balaban J connectivity index is 1.67. The van der Waals surface area contributed by atoms with Crippen molar-refractivity contribution in [3.05, 3.63) is 60.6 Å². The lowest BCUT2D eigenvalue weighted by molar-refractivity contribution is 0.101. The van der Waals surface area contributed by atoms with Gasteiger partial charge in [0.25, 0.3) is 5.91 Å². The van der Waals surface area contributed by atoms with E-state index in [0.717, 1.165) is 16.6 Å². The molecule has 1 amide bonds. The lowest BCUT2D eigenvalue weighted by Gasteiger charge is -2.24. The van der Waals surface area contributed by atoms with Crippen LogP contribution in [0.15, 0.2) is 59.4 Å². The lowest BCUT2D eigenvalue weighted by atomic mass is 10.1. The Hall–Kier alpha value is -3.48. The predicted octanol–water partition coefficient (Wildman–Crippen LogP) is 4.09. The second-order valence-corrected chi connectivity index (χ2v) is 7.20. The Kier molecular flexibility index (Phi) is 3.99. The summed E-state index contributed by atoms with van der Waals surface area (Å²) in [5.74, 6) is 0.576. The van der Waals surface area contributed by atoms with E-state index in [1.807, 2.05) is 34.9 Å². The molecule has 4 rings (SSSR count). The fourth-order valence-corrected chi connectivity index (χ4v) is 2.98. The number of nitrogens with zero attached hydrogens (tertiary/aromatic N) is 4. The normalized spacial score (nSPS) is 11.7. The molecule has 0 unspecified atom stereocenters. The molecule has 1 aromatic carbocycles. The number of fused-ring (bicyclic) bond motifs is 1. The van der Waals surface area contributed by atoms with E-state index in [0.29, 0.717) is 11.7 Å². The Morgan fingerprint density at radius 2 is 1.96 bits per heavy atom. The van der Waals surface area contributed by atoms with Crippen molar-refractivity contribution in [1.29, 1.82) is 0 Å². The molecular weight excluding hydrogens is 342 g/mol. The van der Waals surface area contributed by atoms with E-state index in [2.05, 4.69) is 41.2 Å². The number of anilines is 1. The number of amides is 1. The highest BCUT2D eigenvalue weighted by atomic mass is 16.5. The summed E-state index contributed by atoms with van der Waals surface area (Å²) >= 11 is 0. The first-order chi connectivity index (χ1) is 12.9. The number of hydrogen-bond donors (Lipinski definition) is 1. The topological polar surface area (TPSA) is 85.8 Å². The molecule has 0 aliphatic carbocycles. The van der Waals surface area contributed by atoms with E-state index in [1.165, 1.54) is 0 Å². The van der Waals surface area contributed by atoms with Crippen LogP contribution < -0.4 is 5.32 Å². The highest BCUT2D eigenvalue weighted by Gasteiger charge is 2.24. The van der Waals surface area contributed by atoms with Crippen LogP contribution in [0.3, 0.4) is 0 Å². The zero-order chi connectivity index (χ0) is 19.0. The molecule has 0 aliphatic rings. The quantitative estimate of drug-likeness (QED) is 0.594. The average Bonchev–Trinajstić information content (AvgIpc) is 3.26. The van der Waals surface area contributed by atoms with Gasteiger partial charge in [0.05, 0.1) is 11.0 Å². The molecule has 0 saturated carbocycles. The van der Waals surface area contributed by atoms with Gasteiger partial charge in [-0.3, -0.25) is 15.1 Å². The maximum atomic E-state index is 12.7. The molecule has 0 bridgehead atoms. The van der Waals surface area contributed by atoms with Crippen molar-refractivity contribution in [2.24, 2.45) is 0 Å². The Bertz CT molecular complexity index is 1110. The van der Waals surface area contributed by atoms with E-state index in [-0.39, 0.29) is 17.1 Å². The van der Waals surface area contributed by atoms with E-state index < -0.39 is 0 Å². The molecule has 0 aliphatic heterocycles. The molecular formula is C20H19N5O2. The fourth-order valence-electron chi connectivity index (χ4n) is 2.98. The van der Waals surface area contributed by atoms with Gasteiger partial charge < -0.3 is 9.09 Å². The van der Waals surface area contributed by atoms with Crippen molar-refractivity contribution >= 4 is 22.9 Å². The molecule has 3 aromatic heterocycles. The summed E-state index contributed by atoms with van der Waals surface area (Å²) in [4.78, 5) is 21.3. The summed E-state index contributed by atoms with van der Waals surface area (Å²) in [5, 5.41) is 6.74. The third-order valence-electron chi connectivity index (χ3n) is 4.15. The maximum Gasteiger partial charge on any atom is 0.280 e. The van der Waals surface area contributed by atoms with Crippen LogP contribution in [0.2, 0.25) is 0 Å². The van der Waals surface area contributed by atoms with Gasteiger partial charge >= 0.3 is 0 Å². The van der Waals surface area contributed by atoms with Crippen molar-refractivity contribution in [1.82, 2.24) is 19.7 Å². The Morgan fingerprint density at radius 3 is 2.70 bits per heavy atom. The first-order valence-corrected chi connectivity index (χ1v) is 8.60. The minimum Gasteiger partial charge on any atom is -0.355 e. The molecule has 0 saturated heterocycles. The van der Waals surface area contributed by atoms with E-state index >= 15 is 0 Å². The Labute approximate surface area is 156 Å². The number of carbonyl (C=O) groups excluding carboxylic acids is 1. The van der Waals surface area contributed by atoms with Gasteiger partial charge in [-0.25, -0.2) is 4.98 Å². The molecule has 1 N–H and O–H groups in total. The number of rotatable bonds is 3. The zero-order valence-electron chi connectivity index (χ0n) is 15.3. The highest BCUT2D eigenvalue weighted by Crippen LogP contribution is 2.28. The third kappa shape index (κ3) is 3.19. The number of pyridine rings is 1. The van der Waals surface area contributed by atoms with Gasteiger partial charge in [0, 0.05) is 29.6 Å². The molecule has 0 atom stereocenters. The summed E-state index contributed by atoms with van der Waals surface area (Å²) in [5.41, 5.74) is 2.45. The average molecular weight is 361 g/mol. The molecule has 136 valence electrons. The number of carbonyl (C=O) groups is 1. The molecule has 27 heavy (non-hydrogen) atoms. The first kappa shape index (κ1) is 17.0. The van der Waals surface area contributed by atoms with Gasteiger partial charge in [0.2, 0.25) is 5.95 Å². The number of imidazole rings is 1. The van der Waals surface area contributed by atoms with Crippen LogP contribution in [0.5, 0.6) is 0 Å². The number of benzene rings is 1. The summed E-state index contributed by atoms with van der Waals surface area (Å²) in [6.45, 7) is 6.19. The van der Waals surface area contributed by atoms with Gasteiger partial charge in [0.15, 0.2) is 11.5 Å². The van der Waals surface area contributed by atoms with Crippen LogP contribution in [0.25, 0.3) is 22.4 Å². The lowest BCUT2D eigenvalue weighted by Crippen LogP contribution is -2.26. The SMILES string of the molecule is CC(C)(C)n1c(NC(=O)c2cc(-c3cccnc3)on2)nc2ccccc21. The van der Waals surface area contributed by atoms with Gasteiger partial charge in [-0.1, -0.05) is 17.3 Å². The molecule has 7 nitrogen and oxygen atoms in total. The van der Waals surface area contributed by atoms with Crippen LogP contribution in [-0.4, -0.2) is 25.6 Å². The number of nitrogens with one attached hydrogen (secondary N) is 1. The Morgan fingerprint density at radius 1 is 1.15 bits per heavy atom. The summed E-state index contributed by atoms with van der Waals surface area (Å²) in [7, 11) is 0. The van der Waals surface area contributed by atoms with E-state index in [4.69, 9.17) is 4.52 Å². The van der Waals surface area contributed by atoms with Crippen molar-refractivity contribution in [3.63, 3.8) is 0 Å². The van der Waals surface area contributed by atoms with E-state index in [9.17, 15) is 4.79 Å². The molecule has 7 heteroatoms. The van der Waals surface area contributed by atoms with Gasteiger partial charge in [-0.2, -0.15) is 0 Å². The van der Waals surface area contributed by atoms with Gasteiger partial charge in [0.1, 0.15) is 0 Å². The molecule has 0 radical (unpaired) electrons. The second-order valence-electron chi connectivity index (χ2n) is 7.20. The summed E-state index contributed by atoms with van der Waals surface area (Å²) in [6.07, 6.45) is 3.33. The van der Waals surface area contributed by atoms with Crippen molar-refractivity contribution in [2.75, 3.05) is 5.32 Å². The van der Waals surface area contributed by atoms with Crippen molar-refractivity contribution < 1.29 is 9.32 Å². The molecule has 4 aromatic rings. The monoisotopic (exact) mass is 361 g/mol. The van der Waals surface area contributed by atoms with Crippen molar-refractivity contribution in [3.8, 4) is 11.3 Å². The van der Waals surface area contributed by atoms with Gasteiger partial charge in [-0.05, 0) is 45.0 Å². The fraction of sp³-hybridized carbons (Fsp3) is 0.200. The highest BCUT2D eigenvalue weighted by molar-refractivity contribution is 6.03. The van der Waals surface area contributed by atoms with Crippen LogP contribution in [0.4, 0.5) is 5.95 Å². The number of aromatic nitrogens is 4. The molecule has 3 heterocycles. The van der Waals surface area contributed by atoms with Crippen molar-refractivity contribution in [2.45, 2.75) is 26.3 Å². The smallest absolute Gasteiger partial charge is 0.280 e. The number of para-hydroxylation sites is 2. The first-order valence-electron chi connectivity index (χ1n) is 8.60. The second kappa shape index (κ2) is 6.35. The minimum atomic E-state index is -0.380. The molecule has 0 fully saturated rings. The zero-order valence-corrected chi connectivity index (χ0v) is 15.3. The standard InChI is InChI=1S/C20H19N5O2/c1-20(2,3)25-16-9-5-4-8-14(16)22-19(25)23-18(26)15-11-17(27-24-15)13-7-6-10-21-12-13/h4-12H,1-3H3,(H,22,23,26). The maximum absolute atomic E-state index is 12.7. The number of hydrogen-bond acceptors (Lipinski definition) is 5. The van der Waals surface area contributed by atoms with Crippen LogP contribution >= 0.6 is 0 Å². The largest absolute Gasteiger partial charge is 0.355 e. The van der Waals surface area contributed by atoms with Crippen LogP contribution in [-0.2, 0) is 5.54 Å². The molecule has 0 spiro atoms. The summed E-state index contributed by atoms with van der Waals surface area (Å²) < 4.78 is 7.29. The summed E-state index contributed by atoms with van der Waals surface area (Å²) in [6, 6.07) is 13.0. The van der Waals surface area contributed by atoms with Gasteiger partial charge in [-0.15, -0.1) is 0 Å². The van der Waals surface area contributed by atoms with Crippen LogP contribution in [0, 0.1) is 0 Å². The predicted molar refractivity (Wildman–Crippen MR) is 102 cm³/mol. The van der Waals surface area contributed by atoms with E-state index in [1.54, 1.807) is 24.5 Å². The third-order valence-corrected chi connectivity index (χ3v) is 4.15.